The minimum absolute atomic E-state index is 0.109. The zero-order chi connectivity index (χ0) is 16.1. The van der Waals surface area contributed by atoms with Crippen molar-refractivity contribution in [3.05, 3.63) is 48.0 Å². The summed E-state index contributed by atoms with van der Waals surface area (Å²) >= 11 is 0. The molecule has 0 bridgehead atoms. The predicted octanol–water partition coefficient (Wildman–Crippen LogP) is 3.90. The Morgan fingerprint density at radius 3 is 2.65 bits per heavy atom. The van der Waals surface area contributed by atoms with Crippen LogP contribution in [0.1, 0.15) is 19.4 Å². The first-order valence-corrected chi connectivity index (χ1v) is 8.18. The standard InChI is InChI=1S/C19H23NO3/c1-3-21-18-10-9-14(12-19(18)22-4-2)11-15-13-20-16-7-5-6-8-17(16)23-15/h5-10,12,15,20H,3-4,11,13H2,1-2H3. The molecule has 0 amide bonds. The molecular formula is C19H23NO3. The van der Waals surface area contributed by atoms with Crippen molar-refractivity contribution in [3.8, 4) is 17.2 Å². The fraction of sp³-hybridized carbons (Fsp3) is 0.368. The van der Waals surface area contributed by atoms with E-state index in [1.165, 1.54) is 5.56 Å². The smallest absolute Gasteiger partial charge is 0.161 e. The number of nitrogens with one attached hydrogen (secondary N) is 1. The molecular weight excluding hydrogens is 290 g/mol. The Kier molecular flexibility index (Phi) is 4.91. The van der Waals surface area contributed by atoms with Crippen LogP contribution in [-0.4, -0.2) is 25.9 Å². The van der Waals surface area contributed by atoms with E-state index in [2.05, 4.69) is 17.4 Å². The fourth-order valence-corrected chi connectivity index (χ4v) is 2.76. The maximum absolute atomic E-state index is 6.08. The van der Waals surface area contributed by atoms with E-state index in [4.69, 9.17) is 14.2 Å². The average molecular weight is 313 g/mol. The largest absolute Gasteiger partial charge is 0.490 e. The summed E-state index contributed by atoms with van der Waals surface area (Å²) in [6.45, 7) is 6.01. The van der Waals surface area contributed by atoms with Crippen LogP contribution in [0.5, 0.6) is 17.2 Å². The van der Waals surface area contributed by atoms with Gasteiger partial charge in [0, 0.05) is 6.42 Å². The molecule has 0 spiro atoms. The Hall–Kier alpha value is -2.36. The summed E-state index contributed by atoms with van der Waals surface area (Å²) in [5, 5.41) is 3.42. The summed E-state index contributed by atoms with van der Waals surface area (Å²) in [6.07, 6.45) is 0.936. The van der Waals surface area contributed by atoms with Gasteiger partial charge >= 0.3 is 0 Å². The van der Waals surface area contributed by atoms with Gasteiger partial charge in [-0.25, -0.2) is 0 Å². The van der Waals surface area contributed by atoms with Gasteiger partial charge in [-0.15, -0.1) is 0 Å². The number of hydrogen-bond donors (Lipinski definition) is 1. The molecule has 3 rings (SSSR count). The van der Waals surface area contributed by atoms with Crippen LogP contribution in [0.15, 0.2) is 42.5 Å². The highest BCUT2D eigenvalue weighted by molar-refractivity contribution is 5.57. The van der Waals surface area contributed by atoms with Crippen molar-refractivity contribution in [2.24, 2.45) is 0 Å². The second-order valence-electron chi connectivity index (χ2n) is 5.47. The van der Waals surface area contributed by atoms with Crippen molar-refractivity contribution in [1.82, 2.24) is 0 Å². The van der Waals surface area contributed by atoms with Crippen LogP contribution in [0.2, 0.25) is 0 Å². The van der Waals surface area contributed by atoms with Gasteiger partial charge < -0.3 is 19.5 Å². The van der Waals surface area contributed by atoms with E-state index < -0.39 is 0 Å². The summed E-state index contributed by atoms with van der Waals surface area (Å²) in [5.74, 6) is 2.52. The number of para-hydroxylation sites is 2. The first-order valence-electron chi connectivity index (χ1n) is 8.18. The van der Waals surface area contributed by atoms with Crippen LogP contribution in [0.3, 0.4) is 0 Å². The van der Waals surface area contributed by atoms with Crippen molar-refractivity contribution in [1.29, 1.82) is 0 Å². The average Bonchev–Trinajstić information content (AvgIpc) is 2.57. The molecule has 2 aromatic carbocycles. The lowest BCUT2D eigenvalue weighted by molar-refractivity contribution is 0.206. The van der Waals surface area contributed by atoms with Gasteiger partial charge in [-0.05, 0) is 43.7 Å². The number of ether oxygens (including phenoxy) is 3. The Morgan fingerprint density at radius 2 is 1.83 bits per heavy atom. The summed E-state index contributed by atoms with van der Waals surface area (Å²) in [4.78, 5) is 0. The van der Waals surface area contributed by atoms with E-state index in [0.717, 1.165) is 35.9 Å². The molecule has 4 nitrogen and oxygen atoms in total. The molecule has 0 saturated heterocycles. The first-order chi connectivity index (χ1) is 11.3. The SMILES string of the molecule is CCOc1ccc(CC2CNc3ccccc3O2)cc1OCC. The molecule has 0 aromatic heterocycles. The third kappa shape index (κ3) is 3.70. The van der Waals surface area contributed by atoms with Crippen LogP contribution in [0.4, 0.5) is 5.69 Å². The van der Waals surface area contributed by atoms with Gasteiger partial charge in [0.25, 0.3) is 0 Å². The molecule has 1 atom stereocenters. The van der Waals surface area contributed by atoms with Crippen molar-refractivity contribution in [2.45, 2.75) is 26.4 Å². The van der Waals surface area contributed by atoms with Gasteiger partial charge in [0.2, 0.25) is 0 Å². The number of anilines is 1. The van der Waals surface area contributed by atoms with Crippen molar-refractivity contribution in [3.63, 3.8) is 0 Å². The normalized spacial score (nSPS) is 16.0. The van der Waals surface area contributed by atoms with Crippen LogP contribution in [0.25, 0.3) is 0 Å². The number of benzene rings is 2. The molecule has 23 heavy (non-hydrogen) atoms. The fourth-order valence-electron chi connectivity index (χ4n) is 2.76. The van der Waals surface area contributed by atoms with E-state index >= 15 is 0 Å². The molecule has 0 radical (unpaired) electrons. The highest BCUT2D eigenvalue weighted by atomic mass is 16.5. The number of fused-ring (bicyclic) bond motifs is 1. The second kappa shape index (κ2) is 7.27. The van der Waals surface area contributed by atoms with Gasteiger partial charge in [0.05, 0.1) is 25.4 Å². The summed E-state index contributed by atoms with van der Waals surface area (Å²) in [7, 11) is 0. The zero-order valence-corrected chi connectivity index (χ0v) is 13.7. The third-order valence-corrected chi connectivity index (χ3v) is 3.77. The Labute approximate surface area is 137 Å². The van der Waals surface area contributed by atoms with E-state index in [-0.39, 0.29) is 6.10 Å². The van der Waals surface area contributed by atoms with Gasteiger partial charge in [0.1, 0.15) is 11.9 Å². The lowest BCUT2D eigenvalue weighted by Crippen LogP contribution is -2.32. The number of hydrogen-bond acceptors (Lipinski definition) is 4. The molecule has 122 valence electrons. The zero-order valence-electron chi connectivity index (χ0n) is 13.7. The van der Waals surface area contributed by atoms with E-state index in [1.807, 2.05) is 44.2 Å². The molecule has 1 aliphatic heterocycles. The van der Waals surface area contributed by atoms with Gasteiger partial charge in [0.15, 0.2) is 11.5 Å². The molecule has 1 aliphatic rings. The molecule has 1 heterocycles. The molecule has 2 aromatic rings. The maximum Gasteiger partial charge on any atom is 0.161 e. The van der Waals surface area contributed by atoms with Gasteiger partial charge in [-0.3, -0.25) is 0 Å². The van der Waals surface area contributed by atoms with E-state index in [9.17, 15) is 0 Å². The van der Waals surface area contributed by atoms with Gasteiger partial charge in [-0.2, -0.15) is 0 Å². The number of rotatable bonds is 6. The predicted molar refractivity (Wildman–Crippen MR) is 91.8 cm³/mol. The third-order valence-electron chi connectivity index (χ3n) is 3.77. The van der Waals surface area contributed by atoms with Crippen molar-refractivity contribution in [2.75, 3.05) is 25.1 Å². The Morgan fingerprint density at radius 1 is 1.04 bits per heavy atom. The Balaban J connectivity index is 1.72. The van der Waals surface area contributed by atoms with E-state index in [1.54, 1.807) is 0 Å². The van der Waals surface area contributed by atoms with Crippen LogP contribution in [-0.2, 0) is 6.42 Å². The summed E-state index contributed by atoms with van der Waals surface area (Å²) in [6, 6.07) is 14.2. The van der Waals surface area contributed by atoms with Gasteiger partial charge in [-0.1, -0.05) is 18.2 Å². The lowest BCUT2D eigenvalue weighted by Gasteiger charge is -2.27. The minimum atomic E-state index is 0.109. The topological polar surface area (TPSA) is 39.7 Å². The summed E-state index contributed by atoms with van der Waals surface area (Å²) in [5.41, 5.74) is 2.24. The van der Waals surface area contributed by atoms with Crippen molar-refractivity contribution >= 4 is 5.69 Å². The molecule has 4 heteroatoms. The lowest BCUT2D eigenvalue weighted by atomic mass is 10.1. The monoisotopic (exact) mass is 313 g/mol. The highest BCUT2D eigenvalue weighted by Crippen LogP contribution is 2.31. The molecule has 0 saturated carbocycles. The van der Waals surface area contributed by atoms with Crippen LogP contribution in [0, 0.1) is 0 Å². The highest BCUT2D eigenvalue weighted by Gasteiger charge is 2.19. The van der Waals surface area contributed by atoms with E-state index in [0.29, 0.717) is 13.2 Å². The second-order valence-corrected chi connectivity index (χ2v) is 5.47. The maximum atomic E-state index is 6.08. The Bertz CT molecular complexity index is 657. The quantitative estimate of drug-likeness (QED) is 0.878. The van der Waals surface area contributed by atoms with Crippen molar-refractivity contribution < 1.29 is 14.2 Å². The van der Waals surface area contributed by atoms with Crippen LogP contribution >= 0.6 is 0 Å². The van der Waals surface area contributed by atoms with Crippen LogP contribution < -0.4 is 19.5 Å². The molecule has 1 N–H and O–H groups in total. The molecule has 1 unspecified atom stereocenters. The molecule has 0 aliphatic carbocycles. The summed E-state index contributed by atoms with van der Waals surface area (Å²) < 4.78 is 17.4. The molecule has 0 fully saturated rings. The minimum Gasteiger partial charge on any atom is -0.490 e. The first kappa shape index (κ1) is 15.5.